The highest BCUT2D eigenvalue weighted by atomic mass is 32.2. The zero-order chi connectivity index (χ0) is 12.3. The van der Waals surface area contributed by atoms with E-state index in [-0.39, 0.29) is 11.4 Å². The van der Waals surface area contributed by atoms with Gasteiger partial charge in [-0.15, -0.1) is 0 Å². The van der Waals surface area contributed by atoms with Crippen molar-refractivity contribution in [3.8, 4) is 11.8 Å². The molecule has 0 bridgehead atoms. The molecule has 0 radical (unpaired) electrons. The van der Waals surface area contributed by atoms with Crippen LogP contribution in [0, 0.1) is 17.1 Å². The van der Waals surface area contributed by atoms with Gasteiger partial charge < -0.3 is 5.11 Å². The number of nitriles is 1. The number of rotatable bonds is 3. The third-order valence-electron chi connectivity index (χ3n) is 1.85. The van der Waals surface area contributed by atoms with Crippen LogP contribution in [-0.4, -0.2) is 18.8 Å². The van der Waals surface area contributed by atoms with Crippen LogP contribution < -0.4 is 4.72 Å². The fraction of sp³-hybridized carbons (Fsp3) is 0.222. The van der Waals surface area contributed by atoms with Crippen molar-refractivity contribution in [1.82, 2.24) is 0 Å². The maximum absolute atomic E-state index is 13.2. The minimum atomic E-state index is -3.93. The lowest BCUT2D eigenvalue weighted by Gasteiger charge is -2.09. The average molecular weight is 244 g/mol. The molecule has 1 aromatic carbocycles. The van der Waals surface area contributed by atoms with Gasteiger partial charge in [-0.2, -0.15) is 5.26 Å². The monoisotopic (exact) mass is 244 g/mol. The highest BCUT2D eigenvalue weighted by molar-refractivity contribution is 7.93. The lowest BCUT2D eigenvalue weighted by Crippen LogP contribution is -2.24. The lowest BCUT2D eigenvalue weighted by atomic mass is 10.3. The van der Waals surface area contributed by atoms with E-state index in [4.69, 9.17) is 10.4 Å². The van der Waals surface area contributed by atoms with Gasteiger partial charge in [0.2, 0.25) is 10.0 Å². The van der Waals surface area contributed by atoms with E-state index in [1.165, 1.54) is 13.0 Å². The molecule has 1 rings (SSSR count). The predicted molar refractivity (Wildman–Crippen MR) is 55.7 cm³/mol. The first-order chi connectivity index (χ1) is 7.36. The summed E-state index contributed by atoms with van der Waals surface area (Å²) in [6, 6.07) is 4.52. The predicted octanol–water partition coefficient (Wildman–Crippen LogP) is 1.19. The first-order valence-electron chi connectivity index (χ1n) is 4.26. The molecule has 0 aliphatic heterocycles. The summed E-state index contributed by atoms with van der Waals surface area (Å²) >= 11 is 0. The van der Waals surface area contributed by atoms with Crippen LogP contribution in [0.1, 0.15) is 6.92 Å². The Morgan fingerprint density at radius 1 is 1.56 bits per heavy atom. The maximum atomic E-state index is 13.2. The number of hydrogen-bond acceptors (Lipinski definition) is 4. The minimum Gasteiger partial charge on any atom is -0.508 e. The molecule has 2 N–H and O–H groups in total. The average Bonchev–Trinajstić information content (AvgIpc) is 2.21. The maximum Gasteiger partial charge on any atom is 0.248 e. The lowest BCUT2D eigenvalue weighted by molar-refractivity contribution is 0.469. The number of halogens is 1. The summed E-state index contributed by atoms with van der Waals surface area (Å²) < 4.78 is 37.9. The van der Waals surface area contributed by atoms with Gasteiger partial charge in [0, 0.05) is 6.07 Å². The molecule has 0 aromatic heterocycles. The zero-order valence-corrected chi connectivity index (χ0v) is 9.12. The number of phenolic OH excluding ortho intramolecular Hbond substituents is 1. The second-order valence-electron chi connectivity index (χ2n) is 3.08. The van der Waals surface area contributed by atoms with Crippen LogP contribution in [0.15, 0.2) is 18.2 Å². The topological polar surface area (TPSA) is 90.2 Å². The van der Waals surface area contributed by atoms with E-state index in [1.54, 1.807) is 0 Å². The van der Waals surface area contributed by atoms with E-state index < -0.39 is 21.1 Å². The summed E-state index contributed by atoms with van der Waals surface area (Å²) in [5.41, 5.74) is -0.306. The molecule has 1 aromatic rings. The molecule has 0 amide bonds. The SMILES string of the molecule is CC(C#N)S(=O)(=O)Nc1ccc(O)cc1F. The highest BCUT2D eigenvalue weighted by Crippen LogP contribution is 2.21. The Morgan fingerprint density at radius 3 is 2.69 bits per heavy atom. The van der Waals surface area contributed by atoms with Crippen LogP contribution in [0.3, 0.4) is 0 Å². The minimum absolute atomic E-state index is 0.306. The molecule has 16 heavy (non-hydrogen) atoms. The highest BCUT2D eigenvalue weighted by Gasteiger charge is 2.21. The molecule has 0 heterocycles. The number of anilines is 1. The van der Waals surface area contributed by atoms with Crippen molar-refractivity contribution in [2.75, 3.05) is 4.72 Å². The van der Waals surface area contributed by atoms with Crippen molar-refractivity contribution in [2.24, 2.45) is 0 Å². The number of phenols is 1. The van der Waals surface area contributed by atoms with Gasteiger partial charge in [0.25, 0.3) is 0 Å². The first-order valence-corrected chi connectivity index (χ1v) is 5.81. The second-order valence-corrected chi connectivity index (χ2v) is 5.08. The summed E-state index contributed by atoms with van der Waals surface area (Å²) in [5, 5.41) is 16.1. The van der Waals surface area contributed by atoms with E-state index >= 15 is 0 Å². The van der Waals surface area contributed by atoms with E-state index in [0.29, 0.717) is 0 Å². The quantitative estimate of drug-likeness (QED) is 0.781. The molecule has 0 aliphatic carbocycles. The fourth-order valence-corrected chi connectivity index (χ4v) is 1.69. The standard InChI is InChI=1S/C9H9FN2O3S/c1-6(5-11)16(14,15)12-9-3-2-7(13)4-8(9)10/h2-4,6,12-13H,1H3. The molecule has 7 heteroatoms. The van der Waals surface area contributed by atoms with Crippen molar-refractivity contribution in [2.45, 2.75) is 12.2 Å². The number of benzene rings is 1. The molecule has 86 valence electrons. The van der Waals surface area contributed by atoms with Crippen molar-refractivity contribution in [3.05, 3.63) is 24.0 Å². The van der Waals surface area contributed by atoms with Crippen molar-refractivity contribution in [1.29, 1.82) is 5.26 Å². The van der Waals surface area contributed by atoms with E-state index in [1.807, 2.05) is 4.72 Å². The van der Waals surface area contributed by atoms with Crippen LogP contribution in [-0.2, 0) is 10.0 Å². The Morgan fingerprint density at radius 2 is 2.19 bits per heavy atom. The van der Waals surface area contributed by atoms with Gasteiger partial charge in [0.1, 0.15) is 5.75 Å². The normalized spacial score (nSPS) is 12.8. The van der Waals surface area contributed by atoms with Crippen LogP contribution >= 0.6 is 0 Å². The molecule has 0 spiro atoms. The second kappa shape index (κ2) is 4.37. The van der Waals surface area contributed by atoms with Crippen molar-refractivity contribution in [3.63, 3.8) is 0 Å². The summed E-state index contributed by atoms with van der Waals surface area (Å²) in [5.74, 6) is -1.22. The van der Waals surface area contributed by atoms with Gasteiger partial charge in [-0.05, 0) is 19.1 Å². The smallest absolute Gasteiger partial charge is 0.248 e. The Hall–Kier alpha value is -1.81. The first kappa shape index (κ1) is 12.3. The van der Waals surface area contributed by atoms with Crippen molar-refractivity contribution >= 4 is 15.7 Å². The molecule has 0 saturated carbocycles. The van der Waals surface area contributed by atoms with Gasteiger partial charge in [0.05, 0.1) is 11.8 Å². The summed E-state index contributed by atoms with van der Waals surface area (Å²) in [4.78, 5) is 0. The third-order valence-corrected chi connectivity index (χ3v) is 3.39. The van der Waals surface area contributed by atoms with Crippen LogP contribution in [0.2, 0.25) is 0 Å². The third kappa shape index (κ3) is 2.61. The summed E-state index contributed by atoms with van der Waals surface area (Å²) in [6.07, 6.45) is 0. The Labute approximate surface area is 92.2 Å². The van der Waals surface area contributed by atoms with Gasteiger partial charge in [-0.1, -0.05) is 0 Å². The van der Waals surface area contributed by atoms with E-state index in [2.05, 4.69) is 0 Å². The summed E-state index contributed by atoms with van der Waals surface area (Å²) in [7, 11) is -3.93. The van der Waals surface area contributed by atoms with E-state index in [9.17, 15) is 12.8 Å². The van der Waals surface area contributed by atoms with Gasteiger partial charge in [0.15, 0.2) is 11.1 Å². The number of nitrogens with one attached hydrogen (secondary N) is 1. The fourth-order valence-electron chi connectivity index (χ4n) is 0.898. The van der Waals surface area contributed by atoms with Gasteiger partial charge >= 0.3 is 0 Å². The molecule has 0 saturated heterocycles. The summed E-state index contributed by atoms with van der Waals surface area (Å²) in [6.45, 7) is 1.18. The molecular formula is C9H9FN2O3S. The van der Waals surface area contributed by atoms with Gasteiger partial charge in [-0.25, -0.2) is 12.8 Å². The Kier molecular flexibility index (Phi) is 3.34. The Bertz CT molecular complexity index is 536. The molecule has 1 unspecified atom stereocenters. The molecule has 5 nitrogen and oxygen atoms in total. The van der Waals surface area contributed by atoms with Crippen molar-refractivity contribution < 1.29 is 17.9 Å². The molecule has 0 aliphatic rings. The molecular weight excluding hydrogens is 235 g/mol. The molecule has 0 fully saturated rings. The largest absolute Gasteiger partial charge is 0.508 e. The number of sulfonamides is 1. The number of aromatic hydroxyl groups is 1. The van der Waals surface area contributed by atoms with E-state index in [0.717, 1.165) is 18.2 Å². The Balaban J connectivity index is 3.03. The van der Waals surface area contributed by atoms with Crippen LogP contribution in [0.25, 0.3) is 0 Å². The zero-order valence-electron chi connectivity index (χ0n) is 8.31. The van der Waals surface area contributed by atoms with Gasteiger partial charge in [-0.3, -0.25) is 4.72 Å². The number of nitrogens with zero attached hydrogens (tertiary/aromatic N) is 1. The number of hydrogen-bond donors (Lipinski definition) is 2. The van der Waals surface area contributed by atoms with Crippen LogP contribution in [0.5, 0.6) is 5.75 Å². The molecule has 1 atom stereocenters. The van der Waals surface area contributed by atoms with Crippen LogP contribution in [0.4, 0.5) is 10.1 Å².